The third kappa shape index (κ3) is 3.78. The summed E-state index contributed by atoms with van der Waals surface area (Å²) < 4.78 is 2.11. The summed E-state index contributed by atoms with van der Waals surface area (Å²) in [6.45, 7) is 4.80. The Balaban J connectivity index is 1.41. The number of carbonyl (C=O) groups excluding carboxylic acids is 1. The van der Waals surface area contributed by atoms with Gasteiger partial charge in [-0.3, -0.25) is 4.79 Å². The van der Waals surface area contributed by atoms with Gasteiger partial charge in [0.05, 0.1) is 5.69 Å². The van der Waals surface area contributed by atoms with Crippen LogP contribution in [-0.4, -0.2) is 15.5 Å². The zero-order valence-electron chi connectivity index (χ0n) is 15.4. The van der Waals surface area contributed by atoms with Crippen LogP contribution in [0.3, 0.4) is 0 Å². The van der Waals surface area contributed by atoms with Crippen molar-refractivity contribution >= 4 is 33.3 Å². The van der Waals surface area contributed by atoms with Crippen molar-refractivity contribution in [1.29, 1.82) is 0 Å². The van der Waals surface area contributed by atoms with E-state index in [-0.39, 0.29) is 5.91 Å². The van der Waals surface area contributed by atoms with Crippen LogP contribution in [0.4, 0.5) is 5.13 Å². The van der Waals surface area contributed by atoms with E-state index < -0.39 is 0 Å². The molecule has 0 unspecified atom stereocenters. The van der Waals surface area contributed by atoms with Gasteiger partial charge in [-0.25, -0.2) is 4.98 Å². The molecule has 0 aliphatic carbocycles. The summed E-state index contributed by atoms with van der Waals surface area (Å²) in [5.74, 6) is -0.0188. The van der Waals surface area contributed by atoms with Gasteiger partial charge in [0.2, 0.25) is 5.91 Å². The van der Waals surface area contributed by atoms with Gasteiger partial charge in [-0.1, -0.05) is 35.9 Å². The average Bonchev–Trinajstić information content (AvgIpc) is 3.29. The summed E-state index contributed by atoms with van der Waals surface area (Å²) in [7, 11) is 0. The Kier molecular flexibility index (Phi) is 4.77. The first-order valence-corrected chi connectivity index (χ1v) is 9.85. The molecule has 27 heavy (non-hydrogen) atoms. The molecule has 0 spiro atoms. The Morgan fingerprint density at radius 1 is 1.15 bits per heavy atom. The lowest BCUT2D eigenvalue weighted by Crippen LogP contribution is -2.14. The van der Waals surface area contributed by atoms with Crippen LogP contribution in [0.15, 0.2) is 60.1 Å². The summed E-state index contributed by atoms with van der Waals surface area (Å²) in [4.78, 5) is 16.9. The number of rotatable bonds is 5. The highest BCUT2D eigenvalue weighted by Gasteiger charge is 2.10. The zero-order valence-corrected chi connectivity index (χ0v) is 16.2. The highest BCUT2D eigenvalue weighted by molar-refractivity contribution is 7.14. The number of nitrogens with one attached hydrogen (secondary N) is 1. The van der Waals surface area contributed by atoms with Crippen molar-refractivity contribution in [3.05, 3.63) is 71.2 Å². The van der Waals surface area contributed by atoms with Gasteiger partial charge in [-0.15, -0.1) is 11.3 Å². The van der Waals surface area contributed by atoms with E-state index in [9.17, 15) is 4.79 Å². The number of carbonyl (C=O) groups is 1. The number of anilines is 1. The molecule has 0 radical (unpaired) electrons. The van der Waals surface area contributed by atoms with Crippen LogP contribution in [0.25, 0.3) is 22.2 Å². The maximum absolute atomic E-state index is 12.4. The van der Waals surface area contributed by atoms with Crippen molar-refractivity contribution in [1.82, 2.24) is 9.55 Å². The van der Waals surface area contributed by atoms with Crippen molar-refractivity contribution in [2.45, 2.75) is 26.8 Å². The van der Waals surface area contributed by atoms with Gasteiger partial charge in [0.1, 0.15) is 0 Å². The van der Waals surface area contributed by atoms with E-state index in [4.69, 9.17) is 0 Å². The molecule has 0 atom stereocenters. The first-order valence-electron chi connectivity index (χ1n) is 8.97. The van der Waals surface area contributed by atoms with E-state index in [1.54, 1.807) is 0 Å². The SMILES string of the molecule is Cc1ccc(C)c(-c2csc(NC(=O)CCn3ccc4ccccc43)n2)c1. The topological polar surface area (TPSA) is 46.9 Å². The second kappa shape index (κ2) is 7.37. The molecule has 4 aromatic rings. The molecular formula is C22H21N3OS. The average molecular weight is 375 g/mol. The number of hydrogen-bond acceptors (Lipinski definition) is 3. The van der Waals surface area contributed by atoms with E-state index >= 15 is 0 Å². The number of aryl methyl sites for hydroxylation is 3. The fraction of sp³-hybridized carbons (Fsp3) is 0.182. The van der Waals surface area contributed by atoms with Crippen LogP contribution < -0.4 is 5.32 Å². The van der Waals surface area contributed by atoms with Crippen molar-refractivity contribution in [2.24, 2.45) is 0 Å². The van der Waals surface area contributed by atoms with E-state index in [1.807, 2.05) is 23.7 Å². The van der Waals surface area contributed by atoms with Crippen LogP contribution in [0.1, 0.15) is 17.5 Å². The molecule has 2 heterocycles. The van der Waals surface area contributed by atoms with Gasteiger partial charge in [-0.2, -0.15) is 0 Å². The third-order valence-corrected chi connectivity index (χ3v) is 5.44. The summed E-state index contributed by atoms with van der Waals surface area (Å²) in [5, 5.41) is 6.77. The van der Waals surface area contributed by atoms with Crippen molar-refractivity contribution < 1.29 is 4.79 Å². The number of aromatic nitrogens is 2. The van der Waals surface area contributed by atoms with Crippen molar-refractivity contribution in [3.63, 3.8) is 0 Å². The van der Waals surface area contributed by atoms with Crippen LogP contribution in [0.2, 0.25) is 0 Å². The molecule has 5 heteroatoms. The second-order valence-electron chi connectivity index (χ2n) is 6.72. The van der Waals surface area contributed by atoms with E-state index in [0.717, 1.165) is 16.8 Å². The zero-order chi connectivity index (χ0) is 18.8. The van der Waals surface area contributed by atoms with Crippen LogP contribution >= 0.6 is 11.3 Å². The van der Waals surface area contributed by atoms with E-state index in [0.29, 0.717) is 18.1 Å². The quantitative estimate of drug-likeness (QED) is 0.507. The smallest absolute Gasteiger partial charge is 0.227 e. The van der Waals surface area contributed by atoms with Crippen LogP contribution in [0, 0.1) is 13.8 Å². The predicted octanol–water partition coefficient (Wildman–Crippen LogP) is 5.41. The minimum Gasteiger partial charge on any atom is -0.347 e. The molecular weight excluding hydrogens is 354 g/mol. The lowest BCUT2D eigenvalue weighted by atomic mass is 10.0. The molecule has 0 saturated heterocycles. The second-order valence-corrected chi connectivity index (χ2v) is 7.58. The molecule has 2 aromatic carbocycles. The Hall–Kier alpha value is -2.92. The van der Waals surface area contributed by atoms with Gasteiger partial charge < -0.3 is 9.88 Å². The van der Waals surface area contributed by atoms with E-state index in [1.165, 1.54) is 27.8 Å². The fourth-order valence-corrected chi connectivity index (χ4v) is 3.93. The molecule has 4 rings (SSSR count). The monoisotopic (exact) mass is 375 g/mol. The molecule has 4 nitrogen and oxygen atoms in total. The van der Waals surface area contributed by atoms with Gasteiger partial charge in [-0.05, 0) is 43.0 Å². The lowest BCUT2D eigenvalue weighted by molar-refractivity contribution is -0.116. The molecule has 2 aromatic heterocycles. The molecule has 0 bridgehead atoms. The molecule has 1 N–H and O–H groups in total. The highest BCUT2D eigenvalue weighted by Crippen LogP contribution is 2.28. The number of thiazole rings is 1. The fourth-order valence-electron chi connectivity index (χ4n) is 3.21. The molecule has 1 amide bonds. The van der Waals surface area contributed by atoms with Crippen LogP contribution in [0.5, 0.6) is 0 Å². The minimum atomic E-state index is -0.0188. The Morgan fingerprint density at radius 2 is 2.00 bits per heavy atom. The van der Waals surface area contributed by atoms with Crippen molar-refractivity contribution in [2.75, 3.05) is 5.32 Å². The number of benzene rings is 2. The van der Waals surface area contributed by atoms with Gasteiger partial charge >= 0.3 is 0 Å². The van der Waals surface area contributed by atoms with Gasteiger partial charge in [0.25, 0.3) is 0 Å². The standard InChI is InChI=1S/C22H21N3OS/c1-15-7-8-16(2)18(13-15)19-14-27-22(23-19)24-21(26)10-12-25-11-9-17-5-3-4-6-20(17)25/h3-9,11,13-14H,10,12H2,1-2H3,(H,23,24,26). The molecule has 0 aliphatic heterocycles. The Bertz CT molecular complexity index is 1110. The lowest BCUT2D eigenvalue weighted by Gasteiger charge is -2.06. The maximum atomic E-state index is 12.4. The number of para-hydroxylation sites is 1. The predicted molar refractivity (Wildman–Crippen MR) is 112 cm³/mol. The minimum absolute atomic E-state index is 0.0188. The Morgan fingerprint density at radius 3 is 2.89 bits per heavy atom. The molecule has 0 aliphatic rings. The first kappa shape index (κ1) is 17.5. The summed E-state index contributed by atoms with van der Waals surface area (Å²) in [6, 6.07) is 16.6. The number of amides is 1. The first-order chi connectivity index (χ1) is 13.1. The number of nitrogens with zero attached hydrogens (tertiary/aromatic N) is 2. The maximum Gasteiger partial charge on any atom is 0.227 e. The molecule has 136 valence electrons. The third-order valence-electron chi connectivity index (χ3n) is 4.68. The summed E-state index contributed by atoms with van der Waals surface area (Å²) >= 11 is 1.46. The summed E-state index contributed by atoms with van der Waals surface area (Å²) in [6.07, 6.45) is 2.44. The molecule has 0 saturated carbocycles. The van der Waals surface area contributed by atoms with Crippen LogP contribution in [-0.2, 0) is 11.3 Å². The van der Waals surface area contributed by atoms with Crippen molar-refractivity contribution in [3.8, 4) is 11.3 Å². The number of fused-ring (bicyclic) bond motifs is 1. The Labute approximate surface area is 162 Å². The van der Waals surface area contributed by atoms with Gasteiger partial charge in [0, 0.05) is 35.6 Å². The highest BCUT2D eigenvalue weighted by atomic mass is 32.1. The largest absolute Gasteiger partial charge is 0.347 e. The number of hydrogen-bond donors (Lipinski definition) is 1. The normalized spacial score (nSPS) is 11.0. The van der Waals surface area contributed by atoms with E-state index in [2.05, 4.69) is 65.1 Å². The summed E-state index contributed by atoms with van der Waals surface area (Å²) in [5.41, 5.74) is 5.56. The molecule has 0 fully saturated rings. The van der Waals surface area contributed by atoms with Gasteiger partial charge in [0.15, 0.2) is 5.13 Å².